The Kier molecular flexibility index (Phi) is 8.80. The highest BCUT2D eigenvalue weighted by atomic mass is 35.5. The van der Waals surface area contributed by atoms with Crippen LogP contribution in [0.4, 0.5) is 5.69 Å². The minimum absolute atomic E-state index is 0.0860. The second-order valence-corrected chi connectivity index (χ2v) is 9.19. The van der Waals surface area contributed by atoms with E-state index in [-0.39, 0.29) is 17.6 Å². The maximum absolute atomic E-state index is 12.6. The third-order valence-corrected chi connectivity index (χ3v) is 6.00. The smallest absolute Gasteiger partial charge is 0.251 e. The molecule has 0 fully saturated rings. The molecule has 1 atom stereocenters. The van der Waals surface area contributed by atoms with Gasteiger partial charge in [0.05, 0.1) is 11.8 Å². The van der Waals surface area contributed by atoms with Crippen molar-refractivity contribution in [2.75, 3.05) is 11.1 Å². The number of rotatable bonds is 9. The van der Waals surface area contributed by atoms with Crippen molar-refractivity contribution in [1.82, 2.24) is 20.1 Å². The Morgan fingerprint density at radius 1 is 1.12 bits per heavy atom. The molecule has 0 aliphatic carbocycles. The minimum Gasteiger partial charge on any atom is -0.342 e. The minimum atomic E-state index is -0.444. The highest BCUT2D eigenvalue weighted by molar-refractivity contribution is 7.99. The molecule has 1 unspecified atom stereocenters. The van der Waals surface area contributed by atoms with E-state index in [0.29, 0.717) is 43.8 Å². The zero-order valence-corrected chi connectivity index (χ0v) is 20.6. The lowest BCUT2D eigenvalue weighted by Crippen LogP contribution is -2.28. The molecule has 0 spiro atoms. The van der Waals surface area contributed by atoms with E-state index >= 15 is 0 Å². The molecule has 0 saturated carbocycles. The van der Waals surface area contributed by atoms with Gasteiger partial charge in [0, 0.05) is 32.9 Å². The predicted octanol–water partition coefficient (Wildman–Crippen LogP) is 5.65. The summed E-state index contributed by atoms with van der Waals surface area (Å²) in [6, 6.07) is 11.0. The first-order valence-corrected chi connectivity index (χ1v) is 11.9. The van der Waals surface area contributed by atoms with Crippen LogP contribution >= 0.6 is 46.6 Å². The summed E-state index contributed by atoms with van der Waals surface area (Å²) >= 11 is 19.1. The number of carbonyl (C=O) groups excluding carboxylic acids is 2. The van der Waals surface area contributed by atoms with E-state index in [2.05, 4.69) is 27.4 Å². The van der Waals surface area contributed by atoms with Crippen LogP contribution in [0.3, 0.4) is 0 Å². The van der Waals surface area contributed by atoms with Crippen molar-refractivity contribution in [3.05, 3.63) is 81.6 Å². The van der Waals surface area contributed by atoms with E-state index in [1.165, 1.54) is 11.8 Å². The van der Waals surface area contributed by atoms with Crippen LogP contribution in [0.25, 0.3) is 0 Å². The first-order chi connectivity index (χ1) is 15.8. The van der Waals surface area contributed by atoms with Crippen molar-refractivity contribution in [2.24, 2.45) is 0 Å². The number of thioether (sulfide) groups is 1. The largest absolute Gasteiger partial charge is 0.342 e. The number of hydrogen-bond donors (Lipinski definition) is 2. The van der Waals surface area contributed by atoms with E-state index in [0.717, 1.165) is 0 Å². The topological polar surface area (TPSA) is 88.9 Å². The number of aromatic nitrogens is 3. The van der Waals surface area contributed by atoms with Crippen LogP contribution in [0, 0.1) is 0 Å². The lowest BCUT2D eigenvalue weighted by atomic mass is 10.2. The molecule has 2 amide bonds. The molecule has 0 radical (unpaired) electrons. The second kappa shape index (κ2) is 11.6. The van der Waals surface area contributed by atoms with Crippen LogP contribution in [-0.4, -0.2) is 32.3 Å². The normalized spacial score (nSPS) is 11.6. The van der Waals surface area contributed by atoms with Crippen molar-refractivity contribution in [1.29, 1.82) is 0 Å². The second-order valence-electron chi connectivity index (χ2n) is 6.94. The van der Waals surface area contributed by atoms with Crippen molar-refractivity contribution in [3.63, 3.8) is 0 Å². The summed E-state index contributed by atoms with van der Waals surface area (Å²) in [5.41, 5.74) is 0.945. The molecule has 3 rings (SSSR count). The number of anilines is 1. The van der Waals surface area contributed by atoms with Gasteiger partial charge in [-0.05, 0) is 43.3 Å². The van der Waals surface area contributed by atoms with Crippen LogP contribution in [0.15, 0.2) is 60.3 Å². The fraction of sp³-hybridized carbons (Fsp3) is 0.182. The Morgan fingerprint density at radius 3 is 2.52 bits per heavy atom. The van der Waals surface area contributed by atoms with Crippen molar-refractivity contribution < 1.29 is 9.59 Å². The first kappa shape index (κ1) is 25.1. The summed E-state index contributed by atoms with van der Waals surface area (Å²) in [4.78, 5) is 25.0. The van der Waals surface area contributed by atoms with Gasteiger partial charge in [-0.25, -0.2) is 0 Å². The van der Waals surface area contributed by atoms with E-state index in [1.807, 2.05) is 0 Å². The lowest BCUT2D eigenvalue weighted by Gasteiger charge is -2.15. The molecule has 33 heavy (non-hydrogen) atoms. The van der Waals surface area contributed by atoms with Gasteiger partial charge in [0.1, 0.15) is 0 Å². The van der Waals surface area contributed by atoms with Crippen LogP contribution in [0.1, 0.15) is 29.1 Å². The molecule has 172 valence electrons. The predicted molar refractivity (Wildman–Crippen MR) is 133 cm³/mol. The maximum Gasteiger partial charge on any atom is 0.251 e. The van der Waals surface area contributed by atoms with E-state index in [1.54, 1.807) is 60.0 Å². The lowest BCUT2D eigenvalue weighted by molar-refractivity contribution is -0.113. The van der Waals surface area contributed by atoms with Gasteiger partial charge in [0.25, 0.3) is 5.91 Å². The summed E-state index contributed by atoms with van der Waals surface area (Å²) < 4.78 is 1.80. The van der Waals surface area contributed by atoms with Gasteiger partial charge in [-0.3, -0.25) is 9.59 Å². The number of nitrogens with one attached hydrogen (secondary N) is 2. The number of carbonyl (C=O) groups is 2. The van der Waals surface area contributed by atoms with Crippen LogP contribution < -0.4 is 10.6 Å². The summed E-state index contributed by atoms with van der Waals surface area (Å²) in [5, 5.41) is 15.9. The maximum atomic E-state index is 12.6. The molecule has 0 aliphatic rings. The average molecular weight is 525 g/mol. The fourth-order valence-electron chi connectivity index (χ4n) is 2.96. The van der Waals surface area contributed by atoms with Crippen molar-refractivity contribution >= 4 is 64.1 Å². The zero-order valence-electron chi connectivity index (χ0n) is 17.5. The molecule has 2 N–H and O–H groups in total. The van der Waals surface area contributed by atoms with Gasteiger partial charge in [-0.2, -0.15) is 0 Å². The number of allylic oxidation sites excluding steroid dienone is 1. The molecule has 1 heterocycles. The number of nitrogens with zero attached hydrogens (tertiary/aromatic N) is 3. The van der Waals surface area contributed by atoms with Gasteiger partial charge < -0.3 is 15.2 Å². The molecule has 3 aromatic rings. The molecule has 0 bridgehead atoms. The third-order valence-electron chi connectivity index (χ3n) is 4.36. The SMILES string of the molecule is C=CCn1c(SCC(=O)Nc2cc(Cl)cc(Cl)c2)nnc1C(C)NC(=O)c1cccc(Cl)c1. The van der Waals surface area contributed by atoms with Gasteiger partial charge >= 0.3 is 0 Å². The Labute approximate surface area is 210 Å². The molecule has 0 aliphatic heterocycles. The molecule has 7 nitrogen and oxygen atoms in total. The van der Waals surface area contributed by atoms with E-state index < -0.39 is 6.04 Å². The summed E-state index contributed by atoms with van der Waals surface area (Å²) in [5.74, 6) is 0.0833. The molecular weight excluding hydrogens is 505 g/mol. The van der Waals surface area contributed by atoms with E-state index in [9.17, 15) is 9.59 Å². The van der Waals surface area contributed by atoms with E-state index in [4.69, 9.17) is 34.8 Å². The van der Waals surface area contributed by atoms with Gasteiger partial charge in [0.2, 0.25) is 5.91 Å². The highest BCUT2D eigenvalue weighted by Gasteiger charge is 2.20. The summed E-state index contributed by atoms with van der Waals surface area (Å²) in [6.07, 6.45) is 1.69. The first-order valence-electron chi connectivity index (χ1n) is 9.76. The third kappa shape index (κ3) is 6.98. The standard InChI is InChI=1S/C22H20Cl3N5O2S/c1-3-7-30-20(13(2)26-21(32)14-5-4-6-15(23)8-14)28-29-22(30)33-12-19(31)27-18-10-16(24)9-17(25)11-18/h3-6,8-11,13H,1,7,12H2,2H3,(H,26,32)(H,27,31). The highest BCUT2D eigenvalue weighted by Crippen LogP contribution is 2.24. The molecule has 0 saturated heterocycles. The summed E-state index contributed by atoms with van der Waals surface area (Å²) in [6.45, 7) is 5.98. The Morgan fingerprint density at radius 2 is 1.85 bits per heavy atom. The Bertz CT molecular complexity index is 1160. The Balaban J connectivity index is 1.67. The molecule has 1 aromatic heterocycles. The summed E-state index contributed by atoms with van der Waals surface area (Å²) in [7, 11) is 0. The Hall–Kier alpha value is -2.52. The number of amides is 2. The fourth-order valence-corrected chi connectivity index (χ4v) is 4.43. The van der Waals surface area contributed by atoms with Gasteiger partial charge in [0.15, 0.2) is 11.0 Å². The molecule has 2 aromatic carbocycles. The quantitative estimate of drug-likeness (QED) is 0.279. The van der Waals surface area contributed by atoms with Crippen LogP contribution in [-0.2, 0) is 11.3 Å². The van der Waals surface area contributed by atoms with Crippen LogP contribution in [0.5, 0.6) is 0 Å². The zero-order chi connectivity index (χ0) is 24.0. The monoisotopic (exact) mass is 523 g/mol. The van der Waals surface area contributed by atoms with Crippen molar-refractivity contribution in [2.45, 2.75) is 24.7 Å². The van der Waals surface area contributed by atoms with Gasteiger partial charge in [-0.15, -0.1) is 16.8 Å². The average Bonchev–Trinajstić information content (AvgIpc) is 3.14. The number of hydrogen-bond acceptors (Lipinski definition) is 5. The van der Waals surface area contributed by atoms with Crippen LogP contribution in [0.2, 0.25) is 15.1 Å². The van der Waals surface area contributed by atoms with Gasteiger partial charge in [-0.1, -0.05) is 58.7 Å². The molecule has 11 heteroatoms. The van der Waals surface area contributed by atoms with Crippen molar-refractivity contribution in [3.8, 4) is 0 Å². The number of benzene rings is 2. The molecular formula is C22H20Cl3N5O2S. The number of halogens is 3.